The normalized spacial score (nSPS) is 19.3. The van der Waals surface area contributed by atoms with Crippen LogP contribution in [-0.2, 0) is 20.9 Å². The lowest BCUT2D eigenvalue weighted by molar-refractivity contribution is -0.116. The van der Waals surface area contributed by atoms with Crippen molar-refractivity contribution in [2.45, 2.75) is 65.1 Å². The zero-order valence-corrected chi connectivity index (χ0v) is 17.9. The number of rotatable bonds is 8. The van der Waals surface area contributed by atoms with Crippen molar-refractivity contribution in [3.8, 4) is 0 Å². The average Bonchev–Trinajstić information content (AvgIpc) is 3.33. The van der Waals surface area contributed by atoms with Gasteiger partial charge in [0.1, 0.15) is 5.60 Å². The van der Waals surface area contributed by atoms with E-state index < -0.39 is 5.60 Å². The molecule has 1 saturated heterocycles. The molecule has 6 nitrogen and oxygen atoms in total. The van der Waals surface area contributed by atoms with Crippen molar-refractivity contribution in [2.75, 3.05) is 25.0 Å². The molecule has 0 aromatic heterocycles. The highest BCUT2D eigenvalue weighted by molar-refractivity contribution is 5.90. The highest BCUT2D eigenvalue weighted by Crippen LogP contribution is 2.29. The molecule has 2 fully saturated rings. The maximum Gasteiger partial charge on any atom is 0.410 e. The molecule has 1 aromatic rings. The maximum absolute atomic E-state index is 12.3. The molecule has 1 atom stereocenters. The van der Waals surface area contributed by atoms with Crippen LogP contribution in [-0.4, -0.2) is 42.2 Å². The van der Waals surface area contributed by atoms with Crippen LogP contribution < -0.4 is 5.32 Å². The van der Waals surface area contributed by atoms with Crippen molar-refractivity contribution in [2.24, 2.45) is 11.8 Å². The van der Waals surface area contributed by atoms with Crippen molar-refractivity contribution < 1.29 is 19.1 Å². The van der Waals surface area contributed by atoms with E-state index in [1.54, 1.807) is 4.90 Å². The van der Waals surface area contributed by atoms with E-state index in [4.69, 9.17) is 9.47 Å². The fourth-order valence-corrected chi connectivity index (χ4v) is 3.49. The molecule has 29 heavy (non-hydrogen) atoms. The second-order valence-corrected chi connectivity index (χ2v) is 9.33. The number of nitrogens with one attached hydrogen (secondary N) is 1. The minimum Gasteiger partial charge on any atom is -0.444 e. The van der Waals surface area contributed by atoms with Crippen LogP contribution in [0, 0.1) is 11.8 Å². The summed E-state index contributed by atoms with van der Waals surface area (Å²) in [7, 11) is 0. The van der Waals surface area contributed by atoms with E-state index in [2.05, 4.69) is 5.32 Å². The van der Waals surface area contributed by atoms with Crippen LogP contribution in [0.4, 0.5) is 10.5 Å². The van der Waals surface area contributed by atoms with E-state index in [-0.39, 0.29) is 12.0 Å². The summed E-state index contributed by atoms with van der Waals surface area (Å²) in [6.07, 6.45) is 4.45. The molecule has 1 saturated carbocycles. The van der Waals surface area contributed by atoms with Crippen molar-refractivity contribution >= 4 is 17.7 Å². The minimum atomic E-state index is -0.480. The van der Waals surface area contributed by atoms with Gasteiger partial charge in [-0.3, -0.25) is 4.79 Å². The van der Waals surface area contributed by atoms with Crippen molar-refractivity contribution in [1.29, 1.82) is 0 Å². The number of benzene rings is 1. The van der Waals surface area contributed by atoms with Crippen LogP contribution in [0.15, 0.2) is 24.3 Å². The highest BCUT2D eigenvalue weighted by Gasteiger charge is 2.29. The fraction of sp³-hybridized carbons (Fsp3) is 0.652. The van der Waals surface area contributed by atoms with Gasteiger partial charge in [-0.05, 0) is 76.0 Å². The van der Waals surface area contributed by atoms with Crippen LogP contribution in [0.25, 0.3) is 0 Å². The second kappa shape index (κ2) is 9.61. The number of hydrogen-bond acceptors (Lipinski definition) is 4. The number of likely N-dealkylation sites (tertiary alicyclic amines) is 1. The Morgan fingerprint density at radius 3 is 2.69 bits per heavy atom. The molecule has 1 aliphatic heterocycles. The fourth-order valence-electron chi connectivity index (χ4n) is 3.49. The topological polar surface area (TPSA) is 67.9 Å². The van der Waals surface area contributed by atoms with Crippen molar-refractivity contribution in [1.82, 2.24) is 4.90 Å². The highest BCUT2D eigenvalue weighted by atomic mass is 16.6. The standard InChI is InChI=1S/C23H34N2O4/c1-23(2,3)29-22(27)25-12-11-17(14-25)9-10-21(26)24-20-6-4-5-19(13-20)16-28-15-18-7-8-18/h4-6,13,17-18H,7-12,14-16H2,1-3H3,(H,24,26)/t17-/m1/s1. The summed E-state index contributed by atoms with van der Waals surface area (Å²) in [5.74, 6) is 1.10. The van der Waals surface area contributed by atoms with E-state index in [0.29, 0.717) is 32.0 Å². The van der Waals surface area contributed by atoms with E-state index in [0.717, 1.165) is 36.6 Å². The van der Waals surface area contributed by atoms with Gasteiger partial charge in [-0.25, -0.2) is 4.79 Å². The number of hydrogen-bond donors (Lipinski definition) is 1. The Bertz CT molecular complexity index is 709. The predicted octanol–water partition coefficient (Wildman–Crippen LogP) is 4.59. The van der Waals surface area contributed by atoms with Gasteiger partial charge in [-0.2, -0.15) is 0 Å². The first-order chi connectivity index (χ1) is 13.8. The first-order valence-corrected chi connectivity index (χ1v) is 10.7. The lowest BCUT2D eigenvalue weighted by Crippen LogP contribution is -2.35. The lowest BCUT2D eigenvalue weighted by Gasteiger charge is -2.24. The summed E-state index contributed by atoms with van der Waals surface area (Å²) in [5.41, 5.74) is 1.41. The Balaban J connectivity index is 1.37. The van der Waals surface area contributed by atoms with Gasteiger partial charge in [0.05, 0.1) is 6.61 Å². The van der Waals surface area contributed by atoms with Gasteiger partial charge in [0.2, 0.25) is 5.91 Å². The molecule has 3 rings (SSSR count). The molecule has 0 radical (unpaired) electrons. The molecular formula is C23H34N2O4. The third kappa shape index (κ3) is 7.69. The quantitative estimate of drug-likeness (QED) is 0.691. The smallest absolute Gasteiger partial charge is 0.410 e. The Hall–Kier alpha value is -2.08. The first-order valence-electron chi connectivity index (χ1n) is 10.7. The molecule has 1 aliphatic carbocycles. The van der Waals surface area contributed by atoms with Gasteiger partial charge in [-0.1, -0.05) is 12.1 Å². The van der Waals surface area contributed by atoms with E-state index in [9.17, 15) is 9.59 Å². The lowest BCUT2D eigenvalue weighted by atomic mass is 10.0. The summed E-state index contributed by atoms with van der Waals surface area (Å²) >= 11 is 0. The number of carbonyl (C=O) groups is 2. The Kier molecular flexibility index (Phi) is 7.17. The number of ether oxygens (including phenoxy) is 2. The summed E-state index contributed by atoms with van der Waals surface area (Å²) in [6.45, 7) is 8.40. The molecule has 0 spiro atoms. The zero-order chi connectivity index (χ0) is 20.9. The SMILES string of the molecule is CC(C)(C)OC(=O)N1CC[C@@H](CCC(=O)Nc2cccc(COCC3CC3)c2)C1. The van der Waals surface area contributed by atoms with E-state index >= 15 is 0 Å². The summed E-state index contributed by atoms with van der Waals surface area (Å²) in [6, 6.07) is 7.85. The maximum atomic E-state index is 12.3. The van der Waals surface area contributed by atoms with Gasteiger partial charge < -0.3 is 19.7 Å². The predicted molar refractivity (Wildman–Crippen MR) is 113 cm³/mol. The van der Waals surface area contributed by atoms with Crippen LogP contribution in [0.3, 0.4) is 0 Å². The van der Waals surface area contributed by atoms with Gasteiger partial charge in [-0.15, -0.1) is 0 Å². The summed E-state index contributed by atoms with van der Waals surface area (Å²) in [5, 5.41) is 2.98. The zero-order valence-electron chi connectivity index (χ0n) is 17.9. The third-order valence-electron chi connectivity index (χ3n) is 5.25. The molecule has 160 valence electrons. The van der Waals surface area contributed by atoms with Crippen molar-refractivity contribution in [3.63, 3.8) is 0 Å². The average molecular weight is 403 g/mol. The number of carbonyl (C=O) groups excluding carboxylic acids is 2. The molecule has 1 aromatic carbocycles. The molecule has 2 amide bonds. The molecule has 6 heteroatoms. The summed E-state index contributed by atoms with van der Waals surface area (Å²) in [4.78, 5) is 26.2. The Morgan fingerprint density at radius 1 is 1.17 bits per heavy atom. The van der Waals surface area contributed by atoms with Crippen LogP contribution >= 0.6 is 0 Å². The monoisotopic (exact) mass is 402 g/mol. The third-order valence-corrected chi connectivity index (χ3v) is 5.25. The van der Waals surface area contributed by atoms with E-state index in [1.807, 2.05) is 45.0 Å². The molecule has 0 bridgehead atoms. The molecule has 1 heterocycles. The van der Waals surface area contributed by atoms with Crippen LogP contribution in [0.5, 0.6) is 0 Å². The number of amides is 2. The second-order valence-electron chi connectivity index (χ2n) is 9.33. The van der Waals surface area contributed by atoms with Gasteiger partial charge in [0.15, 0.2) is 0 Å². The number of nitrogens with zero attached hydrogens (tertiary/aromatic N) is 1. The van der Waals surface area contributed by atoms with Crippen LogP contribution in [0.2, 0.25) is 0 Å². The van der Waals surface area contributed by atoms with E-state index in [1.165, 1.54) is 12.8 Å². The Morgan fingerprint density at radius 2 is 1.97 bits per heavy atom. The van der Waals surface area contributed by atoms with Gasteiger partial charge in [0.25, 0.3) is 0 Å². The molecule has 2 aliphatic rings. The molecule has 0 unspecified atom stereocenters. The molecular weight excluding hydrogens is 368 g/mol. The van der Waals surface area contributed by atoms with Gasteiger partial charge in [0, 0.05) is 31.8 Å². The Labute approximate surface area is 173 Å². The largest absolute Gasteiger partial charge is 0.444 e. The van der Waals surface area contributed by atoms with Gasteiger partial charge >= 0.3 is 6.09 Å². The number of anilines is 1. The van der Waals surface area contributed by atoms with Crippen molar-refractivity contribution in [3.05, 3.63) is 29.8 Å². The summed E-state index contributed by atoms with van der Waals surface area (Å²) < 4.78 is 11.2. The molecule has 1 N–H and O–H groups in total. The first kappa shape index (κ1) is 21.6. The minimum absolute atomic E-state index is 0.0109. The van der Waals surface area contributed by atoms with Crippen LogP contribution in [0.1, 0.15) is 58.4 Å².